The number of aryl methyl sites for hydroxylation is 1. The van der Waals surface area contributed by atoms with E-state index in [4.69, 9.17) is 4.74 Å². The fraction of sp³-hybridized carbons (Fsp3) is 0.308. The van der Waals surface area contributed by atoms with Gasteiger partial charge in [0, 0.05) is 55.0 Å². The number of rotatable bonds is 5. The van der Waals surface area contributed by atoms with Crippen LogP contribution in [-0.4, -0.2) is 52.5 Å². The van der Waals surface area contributed by atoms with Gasteiger partial charge in [0.15, 0.2) is 17.4 Å². The number of halogens is 2. The van der Waals surface area contributed by atoms with Crippen LogP contribution in [-0.2, 0) is 4.74 Å². The zero-order valence-electron chi connectivity index (χ0n) is 19.8. The van der Waals surface area contributed by atoms with Crippen molar-refractivity contribution < 1.29 is 18.3 Å². The summed E-state index contributed by atoms with van der Waals surface area (Å²) in [5.74, 6) is -2.69. The van der Waals surface area contributed by atoms with Crippen LogP contribution < -0.4 is 0 Å². The highest BCUT2D eigenvalue weighted by Gasteiger charge is 2.26. The molecule has 2 aromatic carbocycles. The second-order valence-corrected chi connectivity index (χ2v) is 8.94. The quantitative estimate of drug-likeness (QED) is 0.221. The van der Waals surface area contributed by atoms with Gasteiger partial charge in [0.25, 0.3) is 0 Å². The van der Waals surface area contributed by atoms with Crippen LogP contribution in [0.2, 0.25) is 0 Å². The lowest BCUT2D eigenvalue weighted by atomic mass is 9.94. The third-order valence-electron chi connectivity index (χ3n) is 6.12. The van der Waals surface area contributed by atoms with E-state index in [1.807, 2.05) is 27.1 Å². The van der Waals surface area contributed by atoms with Gasteiger partial charge in [-0.05, 0) is 56.0 Å². The Morgan fingerprint density at radius 2 is 2.03 bits per heavy atom. The first-order valence-corrected chi connectivity index (χ1v) is 11.5. The van der Waals surface area contributed by atoms with Gasteiger partial charge in [0.05, 0.1) is 17.5 Å². The molecule has 7 nitrogen and oxygen atoms in total. The molecular weight excluding hydrogens is 452 g/mol. The molecule has 1 aliphatic rings. The number of benzene rings is 2. The Bertz CT molecular complexity index is 1470. The summed E-state index contributed by atoms with van der Waals surface area (Å²) in [5.41, 5.74) is 2.00. The van der Waals surface area contributed by atoms with Gasteiger partial charge in [-0.1, -0.05) is 0 Å². The van der Waals surface area contributed by atoms with Crippen LogP contribution in [0.5, 0.6) is 0 Å². The molecule has 180 valence electrons. The topological polar surface area (TPSA) is 72.6 Å². The minimum Gasteiger partial charge on any atom is -0.369 e. The van der Waals surface area contributed by atoms with Crippen molar-refractivity contribution in [3.63, 3.8) is 0 Å². The van der Waals surface area contributed by atoms with Gasteiger partial charge in [0.1, 0.15) is 11.7 Å². The van der Waals surface area contributed by atoms with Crippen LogP contribution in [0.1, 0.15) is 47.0 Å². The van der Waals surface area contributed by atoms with E-state index in [1.54, 1.807) is 35.8 Å². The SMILES string of the molecule is Cc1cc(C(=O)c2cc(F)c(F)c3nn(C4CCCCO4)cc23)c(N=CN(C)C)c2cccnc12. The molecule has 1 fully saturated rings. The van der Waals surface area contributed by atoms with Crippen LogP contribution in [0.4, 0.5) is 14.5 Å². The monoisotopic (exact) mass is 477 g/mol. The van der Waals surface area contributed by atoms with E-state index in [1.165, 1.54) is 4.68 Å². The van der Waals surface area contributed by atoms with Crippen molar-refractivity contribution in [3.05, 3.63) is 65.0 Å². The van der Waals surface area contributed by atoms with E-state index in [0.717, 1.165) is 24.5 Å². The fourth-order valence-corrected chi connectivity index (χ4v) is 4.44. The molecule has 0 amide bonds. The predicted octanol–water partition coefficient (Wildman–Crippen LogP) is 5.32. The van der Waals surface area contributed by atoms with Gasteiger partial charge in [-0.2, -0.15) is 5.10 Å². The minimum absolute atomic E-state index is 0.0184. The molecule has 9 heteroatoms. The Kier molecular flexibility index (Phi) is 6.02. The van der Waals surface area contributed by atoms with Crippen LogP contribution in [0.25, 0.3) is 21.8 Å². The molecule has 35 heavy (non-hydrogen) atoms. The number of ether oxygens (including phenoxy) is 1. The summed E-state index contributed by atoms with van der Waals surface area (Å²) in [6.07, 6.45) is 7.05. The van der Waals surface area contributed by atoms with E-state index in [2.05, 4.69) is 15.1 Å². The molecule has 0 spiro atoms. The van der Waals surface area contributed by atoms with Crippen molar-refractivity contribution in [3.8, 4) is 0 Å². The number of aliphatic imine (C=N–C) groups is 1. The van der Waals surface area contributed by atoms with Crippen LogP contribution in [0.3, 0.4) is 0 Å². The molecule has 1 atom stereocenters. The lowest BCUT2D eigenvalue weighted by Gasteiger charge is -2.22. The van der Waals surface area contributed by atoms with Gasteiger partial charge >= 0.3 is 0 Å². The maximum atomic E-state index is 14.7. The van der Waals surface area contributed by atoms with E-state index < -0.39 is 17.4 Å². The molecule has 0 saturated carbocycles. The van der Waals surface area contributed by atoms with Crippen molar-refractivity contribution >= 4 is 39.6 Å². The lowest BCUT2D eigenvalue weighted by molar-refractivity contribution is -0.0391. The third kappa shape index (κ3) is 4.16. The number of ketones is 1. The number of pyridine rings is 1. The number of carbonyl (C=O) groups excluding carboxylic acids is 1. The number of nitrogens with zero attached hydrogens (tertiary/aromatic N) is 5. The highest BCUT2D eigenvalue weighted by atomic mass is 19.2. The standard InChI is InChI=1S/C26H25F2N5O2/c1-15-11-18(24(30-14-32(2)3)16-7-6-9-29-23(15)16)26(34)17-12-20(27)22(28)25-19(17)13-33(31-25)21-8-4-5-10-35-21/h6-7,9,11-14,21H,4-5,8,10H2,1-3H3. The van der Waals surface area contributed by atoms with Crippen molar-refractivity contribution in [2.45, 2.75) is 32.4 Å². The third-order valence-corrected chi connectivity index (χ3v) is 6.12. The molecule has 2 aromatic heterocycles. The average Bonchev–Trinajstić information content (AvgIpc) is 3.31. The maximum absolute atomic E-state index is 14.7. The Hall–Kier alpha value is -3.72. The molecule has 1 unspecified atom stereocenters. The second kappa shape index (κ2) is 9.14. The number of fused-ring (bicyclic) bond motifs is 2. The molecule has 1 aliphatic heterocycles. The zero-order chi connectivity index (χ0) is 24.7. The number of carbonyl (C=O) groups is 1. The smallest absolute Gasteiger partial charge is 0.196 e. The molecule has 0 radical (unpaired) electrons. The van der Waals surface area contributed by atoms with Crippen molar-refractivity contribution in [1.29, 1.82) is 0 Å². The molecular formula is C26H25F2N5O2. The van der Waals surface area contributed by atoms with Crippen molar-refractivity contribution in [2.75, 3.05) is 20.7 Å². The highest BCUT2D eigenvalue weighted by molar-refractivity contribution is 6.20. The van der Waals surface area contributed by atoms with Crippen molar-refractivity contribution in [2.24, 2.45) is 4.99 Å². The summed E-state index contributed by atoms with van der Waals surface area (Å²) < 4.78 is 36.7. The van der Waals surface area contributed by atoms with Gasteiger partial charge in [-0.25, -0.2) is 18.5 Å². The lowest BCUT2D eigenvalue weighted by Crippen LogP contribution is -2.18. The summed E-state index contributed by atoms with van der Waals surface area (Å²) >= 11 is 0. The van der Waals surface area contributed by atoms with Crippen molar-refractivity contribution in [1.82, 2.24) is 19.7 Å². The number of hydrogen-bond acceptors (Lipinski definition) is 5. The van der Waals surface area contributed by atoms with E-state index in [9.17, 15) is 13.6 Å². The Balaban J connectivity index is 1.71. The largest absolute Gasteiger partial charge is 0.369 e. The molecule has 0 bridgehead atoms. The number of aromatic nitrogens is 3. The first-order chi connectivity index (χ1) is 16.8. The first-order valence-electron chi connectivity index (χ1n) is 11.5. The van der Waals surface area contributed by atoms with Gasteiger partial charge < -0.3 is 9.64 Å². The molecule has 5 rings (SSSR count). The van der Waals surface area contributed by atoms with E-state index in [0.29, 0.717) is 29.6 Å². The first kappa shape index (κ1) is 23.0. The summed E-state index contributed by atoms with van der Waals surface area (Å²) in [6.45, 7) is 2.42. The van der Waals surface area contributed by atoms with Crippen LogP contribution in [0.15, 0.2) is 41.7 Å². The summed E-state index contributed by atoms with van der Waals surface area (Å²) in [5, 5.41) is 5.19. The Morgan fingerprint density at radius 1 is 1.20 bits per heavy atom. The maximum Gasteiger partial charge on any atom is 0.196 e. The molecule has 3 heterocycles. The molecule has 4 aromatic rings. The van der Waals surface area contributed by atoms with Gasteiger partial charge in [-0.15, -0.1) is 0 Å². The molecule has 0 aliphatic carbocycles. The summed E-state index contributed by atoms with van der Waals surface area (Å²) in [6, 6.07) is 6.25. The zero-order valence-corrected chi connectivity index (χ0v) is 19.8. The second-order valence-electron chi connectivity index (χ2n) is 8.94. The predicted molar refractivity (Wildman–Crippen MR) is 130 cm³/mol. The fourth-order valence-electron chi connectivity index (χ4n) is 4.44. The highest BCUT2D eigenvalue weighted by Crippen LogP contribution is 2.35. The number of hydrogen-bond donors (Lipinski definition) is 0. The molecule has 0 N–H and O–H groups in total. The van der Waals surface area contributed by atoms with E-state index >= 15 is 0 Å². The Labute approximate surface area is 201 Å². The Morgan fingerprint density at radius 3 is 2.77 bits per heavy atom. The summed E-state index contributed by atoms with van der Waals surface area (Å²) in [4.78, 5) is 24.6. The van der Waals surface area contributed by atoms with Crippen LogP contribution in [0, 0.1) is 18.6 Å². The average molecular weight is 478 g/mol. The minimum atomic E-state index is -1.13. The van der Waals surface area contributed by atoms with E-state index in [-0.39, 0.29) is 28.3 Å². The summed E-state index contributed by atoms with van der Waals surface area (Å²) in [7, 11) is 3.64. The normalized spacial score (nSPS) is 16.4. The van der Waals surface area contributed by atoms with Gasteiger partial charge in [0.2, 0.25) is 0 Å². The van der Waals surface area contributed by atoms with Crippen LogP contribution >= 0.6 is 0 Å². The van der Waals surface area contributed by atoms with Gasteiger partial charge in [-0.3, -0.25) is 9.78 Å². The molecule has 1 saturated heterocycles.